The lowest BCUT2D eigenvalue weighted by molar-refractivity contribution is 0.209. The first-order valence-corrected chi connectivity index (χ1v) is 5.88. The second-order valence-electron chi connectivity index (χ2n) is 4.14. The number of halogens is 1. The van der Waals surface area contributed by atoms with Crippen molar-refractivity contribution in [2.75, 3.05) is 6.54 Å². The van der Waals surface area contributed by atoms with E-state index in [0.717, 1.165) is 32.0 Å². The van der Waals surface area contributed by atoms with E-state index in [1.165, 1.54) is 5.56 Å². The largest absolute Gasteiger partial charge is 0.315 e. The third-order valence-electron chi connectivity index (χ3n) is 2.92. The molecular formula is C11H12ClN5. The number of aromatic nitrogens is 4. The number of fused-ring (bicyclic) bond motifs is 1. The van der Waals surface area contributed by atoms with Crippen molar-refractivity contribution in [3.8, 4) is 0 Å². The second-order valence-corrected chi connectivity index (χ2v) is 4.53. The van der Waals surface area contributed by atoms with Gasteiger partial charge in [0.15, 0.2) is 0 Å². The fraction of sp³-hybridized carbons (Fsp3) is 0.364. The molecule has 0 fully saturated rings. The first-order chi connectivity index (χ1) is 8.31. The first kappa shape index (κ1) is 10.7. The van der Waals surface area contributed by atoms with E-state index in [-0.39, 0.29) is 0 Å². The number of hydrogen-bond donors (Lipinski definition) is 0. The van der Waals surface area contributed by atoms with E-state index >= 15 is 0 Å². The normalized spacial score (nSPS) is 15.8. The van der Waals surface area contributed by atoms with Gasteiger partial charge in [-0.05, 0) is 17.7 Å². The predicted molar refractivity (Wildman–Crippen MR) is 63.4 cm³/mol. The van der Waals surface area contributed by atoms with E-state index < -0.39 is 0 Å². The number of pyridine rings is 1. The Morgan fingerprint density at radius 3 is 3.18 bits per heavy atom. The summed E-state index contributed by atoms with van der Waals surface area (Å²) in [6, 6.07) is 3.89. The van der Waals surface area contributed by atoms with E-state index in [2.05, 4.69) is 24.6 Å². The Labute approximate surface area is 104 Å². The quantitative estimate of drug-likeness (QED) is 0.754. The number of rotatable bonds is 2. The Balaban J connectivity index is 1.72. The highest BCUT2D eigenvalue weighted by Gasteiger charge is 2.17. The minimum atomic E-state index is 0.544. The van der Waals surface area contributed by atoms with Crippen molar-refractivity contribution in [1.82, 2.24) is 24.6 Å². The zero-order valence-corrected chi connectivity index (χ0v) is 10.0. The lowest BCUT2D eigenvalue weighted by Crippen LogP contribution is -2.33. The Kier molecular flexibility index (Phi) is 2.78. The maximum Gasteiger partial charge on any atom is 0.147 e. The molecule has 5 nitrogen and oxygen atoms in total. The zero-order chi connectivity index (χ0) is 11.7. The van der Waals surface area contributed by atoms with Crippen LogP contribution in [0.1, 0.15) is 11.4 Å². The Morgan fingerprint density at radius 2 is 2.29 bits per heavy atom. The van der Waals surface area contributed by atoms with Crippen molar-refractivity contribution in [1.29, 1.82) is 0 Å². The molecule has 3 heterocycles. The third kappa shape index (κ3) is 2.30. The van der Waals surface area contributed by atoms with Crippen molar-refractivity contribution >= 4 is 11.6 Å². The van der Waals surface area contributed by atoms with Crippen LogP contribution in [0, 0.1) is 0 Å². The van der Waals surface area contributed by atoms with E-state index in [1.54, 1.807) is 12.5 Å². The Bertz CT molecular complexity index is 524. The summed E-state index contributed by atoms with van der Waals surface area (Å²) in [7, 11) is 0. The van der Waals surface area contributed by atoms with Crippen LogP contribution in [0.5, 0.6) is 0 Å². The van der Waals surface area contributed by atoms with E-state index in [0.29, 0.717) is 5.15 Å². The van der Waals surface area contributed by atoms with E-state index in [4.69, 9.17) is 11.6 Å². The third-order valence-corrected chi connectivity index (χ3v) is 3.12. The smallest absolute Gasteiger partial charge is 0.147 e. The maximum atomic E-state index is 5.87. The molecule has 17 heavy (non-hydrogen) atoms. The molecule has 0 N–H and O–H groups in total. The molecular weight excluding hydrogens is 238 g/mol. The molecule has 0 spiro atoms. The summed E-state index contributed by atoms with van der Waals surface area (Å²) < 4.78 is 2.09. The average molecular weight is 250 g/mol. The molecule has 6 heteroatoms. The van der Waals surface area contributed by atoms with Crippen LogP contribution in [0.2, 0.25) is 5.15 Å². The molecule has 0 radical (unpaired) electrons. The fourth-order valence-electron chi connectivity index (χ4n) is 2.05. The summed E-state index contributed by atoms with van der Waals surface area (Å²) in [6.45, 7) is 3.65. The van der Waals surface area contributed by atoms with Gasteiger partial charge in [0.05, 0.1) is 6.54 Å². The van der Waals surface area contributed by atoms with Crippen LogP contribution in [0.25, 0.3) is 0 Å². The van der Waals surface area contributed by atoms with Crippen LogP contribution in [0.4, 0.5) is 0 Å². The standard InChI is InChI=1S/C11H12ClN5/c12-10-5-9(1-2-13-10)6-16-3-4-17-8-14-15-11(17)7-16/h1-2,5,8H,3-4,6-7H2. The molecule has 0 saturated carbocycles. The first-order valence-electron chi connectivity index (χ1n) is 5.51. The van der Waals surface area contributed by atoms with Gasteiger partial charge in [0, 0.05) is 25.8 Å². The molecule has 0 aliphatic carbocycles. The van der Waals surface area contributed by atoms with Gasteiger partial charge in [0.2, 0.25) is 0 Å². The van der Waals surface area contributed by atoms with E-state index in [9.17, 15) is 0 Å². The van der Waals surface area contributed by atoms with Crippen LogP contribution < -0.4 is 0 Å². The molecule has 88 valence electrons. The highest BCUT2D eigenvalue weighted by atomic mass is 35.5. The zero-order valence-electron chi connectivity index (χ0n) is 9.25. The van der Waals surface area contributed by atoms with Crippen LogP contribution in [-0.2, 0) is 19.6 Å². The summed E-state index contributed by atoms with van der Waals surface area (Å²) in [6.07, 6.45) is 3.53. The lowest BCUT2D eigenvalue weighted by atomic mass is 10.2. The van der Waals surface area contributed by atoms with Crippen molar-refractivity contribution in [3.63, 3.8) is 0 Å². The highest BCUT2D eigenvalue weighted by molar-refractivity contribution is 6.29. The van der Waals surface area contributed by atoms with Crippen LogP contribution >= 0.6 is 11.6 Å². The van der Waals surface area contributed by atoms with Crippen molar-refractivity contribution in [2.45, 2.75) is 19.6 Å². The molecule has 0 bridgehead atoms. The van der Waals surface area contributed by atoms with Crippen LogP contribution in [0.15, 0.2) is 24.7 Å². The SMILES string of the molecule is Clc1cc(CN2CCn3cnnc3C2)ccn1. The van der Waals surface area contributed by atoms with Gasteiger partial charge in [0.1, 0.15) is 17.3 Å². The molecule has 0 atom stereocenters. The summed E-state index contributed by atoms with van der Waals surface area (Å²) in [5, 5.41) is 8.56. The van der Waals surface area contributed by atoms with Gasteiger partial charge in [-0.3, -0.25) is 4.90 Å². The molecule has 3 rings (SSSR count). The van der Waals surface area contributed by atoms with E-state index in [1.807, 2.05) is 12.1 Å². The number of nitrogens with zero attached hydrogens (tertiary/aromatic N) is 5. The van der Waals surface area contributed by atoms with Crippen LogP contribution in [-0.4, -0.2) is 31.2 Å². The minimum Gasteiger partial charge on any atom is -0.315 e. The van der Waals surface area contributed by atoms with Gasteiger partial charge >= 0.3 is 0 Å². The lowest BCUT2D eigenvalue weighted by Gasteiger charge is -2.26. The molecule has 1 aliphatic heterocycles. The Morgan fingerprint density at radius 1 is 1.35 bits per heavy atom. The molecule has 2 aromatic rings. The molecule has 0 saturated heterocycles. The topological polar surface area (TPSA) is 46.8 Å². The summed E-state index contributed by atoms with van der Waals surface area (Å²) in [4.78, 5) is 6.31. The van der Waals surface area contributed by atoms with Crippen molar-refractivity contribution in [3.05, 3.63) is 41.2 Å². The van der Waals surface area contributed by atoms with Gasteiger partial charge in [0.25, 0.3) is 0 Å². The second kappa shape index (κ2) is 4.43. The van der Waals surface area contributed by atoms with Gasteiger partial charge in [-0.15, -0.1) is 10.2 Å². The Hall–Kier alpha value is -1.46. The fourth-order valence-corrected chi connectivity index (χ4v) is 2.25. The minimum absolute atomic E-state index is 0.544. The highest BCUT2D eigenvalue weighted by Crippen LogP contribution is 2.14. The van der Waals surface area contributed by atoms with Crippen molar-refractivity contribution in [2.24, 2.45) is 0 Å². The molecule has 0 aromatic carbocycles. The average Bonchev–Trinajstić information content (AvgIpc) is 2.76. The van der Waals surface area contributed by atoms with Gasteiger partial charge < -0.3 is 4.57 Å². The molecule has 0 unspecified atom stereocenters. The summed E-state index contributed by atoms with van der Waals surface area (Å²) in [5.41, 5.74) is 1.18. The molecule has 0 amide bonds. The molecule has 1 aliphatic rings. The van der Waals surface area contributed by atoms with Gasteiger partial charge in [-0.1, -0.05) is 11.6 Å². The molecule has 2 aromatic heterocycles. The predicted octanol–water partition coefficient (Wildman–Crippen LogP) is 1.34. The maximum absolute atomic E-state index is 5.87. The van der Waals surface area contributed by atoms with Gasteiger partial charge in [-0.2, -0.15) is 0 Å². The van der Waals surface area contributed by atoms with Crippen LogP contribution in [0.3, 0.4) is 0 Å². The van der Waals surface area contributed by atoms with Gasteiger partial charge in [-0.25, -0.2) is 4.98 Å². The van der Waals surface area contributed by atoms with Crippen molar-refractivity contribution < 1.29 is 0 Å². The monoisotopic (exact) mass is 249 g/mol. The summed E-state index contributed by atoms with van der Waals surface area (Å²) >= 11 is 5.87. The summed E-state index contributed by atoms with van der Waals surface area (Å²) in [5.74, 6) is 1.02. The number of hydrogen-bond acceptors (Lipinski definition) is 4.